The van der Waals surface area contributed by atoms with Gasteiger partial charge >= 0.3 is 0 Å². The molecule has 0 atom stereocenters. The van der Waals surface area contributed by atoms with Crippen molar-refractivity contribution in [1.29, 1.82) is 0 Å². The summed E-state index contributed by atoms with van der Waals surface area (Å²) in [6.07, 6.45) is 3.50. The van der Waals surface area contributed by atoms with Crippen LogP contribution in [0.25, 0.3) is 0 Å². The molecule has 1 aromatic carbocycles. The van der Waals surface area contributed by atoms with Crippen LogP contribution in [0, 0.1) is 0 Å². The molecule has 0 aliphatic carbocycles. The summed E-state index contributed by atoms with van der Waals surface area (Å²) < 4.78 is 11.0. The summed E-state index contributed by atoms with van der Waals surface area (Å²) in [6, 6.07) is 11.3. The molecule has 21 heavy (non-hydrogen) atoms. The van der Waals surface area contributed by atoms with E-state index in [1.54, 1.807) is 19.5 Å². The number of methoxy groups -OCH3 is 1. The highest BCUT2D eigenvalue weighted by molar-refractivity contribution is 5.81. The van der Waals surface area contributed by atoms with Gasteiger partial charge in [0.15, 0.2) is 11.5 Å². The Balaban J connectivity index is 2.09. The first kappa shape index (κ1) is 14.8. The lowest BCUT2D eigenvalue weighted by Crippen LogP contribution is -2.07. The van der Waals surface area contributed by atoms with Gasteiger partial charge < -0.3 is 9.47 Å². The fourth-order valence-electron chi connectivity index (χ4n) is 1.72. The number of benzene rings is 1. The van der Waals surface area contributed by atoms with E-state index in [0.29, 0.717) is 17.3 Å². The Morgan fingerprint density at radius 3 is 2.71 bits per heavy atom. The predicted molar refractivity (Wildman–Crippen MR) is 84.2 cm³/mol. The summed E-state index contributed by atoms with van der Waals surface area (Å²) in [6.45, 7) is 3.95. The zero-order valence-corrected chi connectivity index (χ0v) is 12.4. The molecule has 2 aromatic rings. The fraction of sp³-hybridized carbons (Fsp3) is 0.250. The van der Waals surface area contributed by atoms with E-state index >= 15 is 0 Å². The van der Waals surface area contributed by atoms with Crippen LogP contribution in [0.5, 0.6) is 11.5 Å². The van der Waals surface area contributed by atoms with Gasteiger partial charge in [0, 0.05) is 6.20 Å². The molecular formula is C16H19N3O2. The van der Waals surface area contributed by atoms with Crippen molar-refractivity contribution in [3.8, 4) is 11.5 Å². The molecular weight excluding hydrogens is 266 g/mol. The molecule has 5 heteroatoms. The smallest absolute Gasteiger partial charge is 0.162 e. The Kier molecular flexibility index (Phi) is 5.15. The molecule has 0 amide bonds. The topological polar surface area (TPSA) is 55.7 Å². The Morgan fingerprint density at radius 1 is 1.19 bits per heavy atom. The molecule has 1 N–H and O–H groups in total. The second-order valence-electron chi connectivity index (χ2n) is 4.66. The Bertz CT molecular complexity index is 598. The molecule has 0 unspecified atom stereocenters. The van der Waals surface area contributed by atoms with E-state index in [1.165, 1.54) is 0 Å². The number of hydrazone groups is 1. The van der Waals surface area contributed by atoms with Crippen LogP contribution >= 0.6 is 0 Å². The number of anilines is 1. The second kappa shape index (κ2) is 7.28. The van der Waals surface area contributed by atoms with E-state index in [4.69, 9.17) is 9.47 Å². The number of ether oxygens (including phenoxy) is 2. The van der Waals surface area contributed by atoms with Gasteiger partial charge in [-0.25, -0.2) is 4.98 Å². The Morgan fingerprint density at radius 2 is 2.05 bits per heavy atom. The van der Waals surface area contributed by atoms with Crippen molar-refractivity contribution >= 4 is 12.0 Å². The maximum Gasteiger partial charge on any atom is 0.162 e. The van der Waals surface area contributed by atoms with Gasteiger partial charge in [0.05, 0.1) is 19.4 Å². The Labute approximate surface area is 124 Å². The van der Waals surface area contributed by atoms with E-state index in [1.807, 2.05) is 50.2 Å². The van der Waals surface area contributed by atoms with Crippen molar-refractivity contribution in [2.45, 2.75) is 20.0 Å². The van der Waals surface area contributed by atoms with Gasteiger partial charge in [-0.1, -0.05) is 6.07 Å². The van der Waals surface area contributed by atoms with Crippen molar-refractivity contribution in [2.24, 2.45) is 5.10 Å². The van der Waals surface area contributed by atoms with Gasteiger partial charge in [0.2, 0.25) is 0 Å². The molecule has 1 aromatic heterocycles. The third-order valence-corrected chi connectivity index (χ3v) is 2.61. The number of nitrogens with one attached hydrogen (secondary N) is 1. The minimum atomic E-state index is 0.0812. The van der Waals surface area contributed by atoms with Gasteiger partial charge in [0.25, 0.3) is 0 Å². The van der Waals surface area contributed by atoms with E-state index in [0.717, 1.165) is 5.56 Å². The first-order chi connectivity index (χ1) is 10.2. The van der Waals surface area contributed by atoms with Crippen molar-refractivity contribution in [3.05, 3.63) is 48.2 Å². The highest BCUT2D eigenvalue weighted by Gasteiger charge is 2.06. The molecule has 0 bridgehead atoms. The van der Waals surface area contributed by atoms with E-state index in [2.05, 4.69) is 15.5 Å². The normalized spacial score (nSPS) is 10.9. The van der Waals surface area contributed by atoms with Crippen LogP contribution < -0.4 is 14.9 Å². The van der Waals surface area contributed by atoms with Gasteiger partial charge in [0.1, 0.15) is 5.82 Å². The molecule has 0 aliphatic heterocycles. The summed E-state index contributed by atoms with van der Waals surface area (Å²) in [5.41, 5.74) is 3.78. The summed E-state index contributed by atoms with van der Waals surface area (Å²) in [7, 11) is 1.62. The van der Waals surface area contributed by atoms with Crippen LogP contribution in [-0.4, -0.2) is 24.4 Å². The van der Waals surface area contributed by atoms with Crippen molar-refractivity contribution in [3.63, 3.8) is 0 Å². The molecule has 2 rings (SSSR count). The maximum atomic E-state index is 5.72. The third kappa shape index (κ3) is 4.49. The van der Waals surface area contributed by atoms with E-state index in [9.17, 15) is 0 Å². The zero-order chi connectivity index (χ0) is 15.1. The minimum Gasteiger partial charge on any atom is -0.493 e. The number of hydrogen-bond donors (Lipinski definition) is 1. The molecule has 0 fully saturated rings. The van der Waals surface area contributed by atoms with Crippen LogP contribution in [0.4, 0.5) is 5.82 Å². The van der Waals surface area contributed by atoms with Crippen molar-refractivity contribution < 1.29 is 9.47 Å². The van der Waals surface area contributed by atoms with Gasteiger partial charge in [-0.2, -0.15) is 5.10 Å². The SMILES string of the molecule is COc1ccc(/C=N/Nc2ccccn2)cc1OC(C)C. The first-order valence-electron chi connectivity index (χ1n) is 6.74. The second-order valence-corrected chi connectivity index (χ2v) is 4.66. The van der Waals surface area contributed by atoms with E-state index in [-0.39, 0.29) is 6.10 Å². The molecule has 0 spiro atoms. The van der Waals surface area contributed by atoms with Crippen molar-refractivity contribution in [2.75, 3.05) is 12.5 Å². The summed E-state index contributed by atoms with van der Waals surface area (Å²) in [5, 5.41) is 4.15. The number of pyridine rings is 1. The van der Waals surface area contributed by atoms with E-state index < -0.39 is 0 Å². The molecule has 0 aliphatic rings. The van der Waals surface area contributed by atoms with Gasteiger partial charge in [-0.15, -0.1) is 0 Å². The Hall–Kier alpha value is -2.56. The lowest BCUT2D eigenvalue weighted by Gasteiger charge is -2.13. The molecule has 0 saturated carbocycles. The summed E-state index contributed by atoms with van der Waals surface area (Å²) >= 11 is 0. The maximum absolute atomic E-state index is 5.72. The highest BCUT2D eigenvalue weighted by Crippen LogP contribution is 2.28. The number of nitrogens with zero attached hydrogens (tertiary/aromatic N) is 2. The molecule has 0 radical (unpaired) electrons. The standard InChI is InChI=1S/C16H19N3O2/c1-12(2)21-15-10-13(7-8-14(15)20-3)11-18-19-16-6-4-5-9-17-16/h4-12H,1-3H3,(H,17,19)/b18-11+. The lowest BCUT2D eigenvalue weighted by atomic mass is 10.2. The molecule has 5 nitrogen and oxygen atoms in total. The number of hydrogen-bond acceptors (Lipinski definition) is 5. The van der Waals surface area contributed by atoms with Crippen LogP contribution in [0.2, 0.25) is 0 Å². The monoisotopic (exact) mass is 285 g/mol. The largest absolute Gasteiger partial charge is 0.493 e. The fourth-order valence-corrected chi connectivity index (χ4v) is 1.72. The van der Waals surface area contributed by atoms with Crippen LogP contribution in [0.1, 0.15) is 19.4 Å². The minimum absolute atomic E-state index is 0.0812. The van der Waals surface area contributed by atoms with Crippen LogP contribution in [0.15, 0.2) is 47.7 Å². The predicted octanol–water partition coefficient (Wildman–Crippen LogP) is 3.32. The zero-order valence-electron chi connectivity index (χ0n) is 12.4. The lowest BCUT2D eigenvalue weighted by molar-refractivity contribution is 0.230. The van der Waals surface area contributed by atoms with Gasteiger partial charge in [-0.05, 0) is 49.7 Å². The van der Waals surface area contributed by atoms with Crippen LogP contribution in [-0.2, 0) is 0 Å². The third-order valence-electron chi connectivity index (χ3n) is 2.61. The van der Waals surface area contributed by atoms with Crippen molar-refractivity contribution in [1.82, 2.24) is 4.98 Å². The number of rotatable bonds is 6. The highest BCUT2D eigenvalue weighted by atomic mass is 16.5. The molecule has 0 saturated heterocycles. The molecule has 1 heterocycles. The summed E-state index contributed by atoms with van der Waals surface area (Å²) in [5.74, 6) is 2.11. The van der Waals surface area contributed by atoms with Gasteiger partial charge in [-0.3, -0.25) is 5.43 Å². The average Bonchev–Trinajstić information content (AvgIpc) is 2.48. The molecule has 110 valence electrons. The first-order valence-corrected chi connectivity index (χ1v) is 6.74. The number of aromatic nitrogens is 1. The summed E-state index contributed by atoms with van der Waals surface area (Å²) in [4.78, 5) is 4.12. The quantitative estimate of drug-likeness (QED) is 0.653. The average molecular weight is 285 g/mol. The van der Waals surface area contributed by atoms with Crippen LogP contribution in [0.3, 0.4) is 0 Å².